The molecular weight excluding hydrogens is 367 g/mol. The van der Waals surface area contributed by atoms with E-state index in [1.54, 1.807) is 12.1 Å². The van der Waals surface area contributed by atoms with Crippen molar-refractivity contribution in [1.82, 2.24) is 0 Å². The van der Waals surface area contributed by atoms with Gasteiger partial charge in [0.2, 0.25) is 0 Å². The largest absolute Gasteiger partial charge is 0.378 e. The number of hydrogen-bond acceptors (Lipinski definition) is 3. The Labute approximate surface area is 131 Å². The summed E-state index contributed by atoms with van der Waals surface area (Å²) in [5, 5.41) is 14.3. The van der Waals surface area contributed by atoms with E-state index in [9.17, 15) is 10.1 Å². The van der Waals surface area contributed by atoms with Crippen molar-refractivity contribution in [2.75, 3.05) is 5.32 Å². The number of nitrogens with zero attached hydrogens (tertiary/aromatic N) is 1. The molecule has 0 spiro atoms. The maximum absolute atomic E-state index is 10.9. The van der Waals surface area contributed by atoms with Gasteiger partial charge in [0.25, 0.3) is 5.69 Å². The fourth-order valence-corrected chi connectivity index (χ4v) is 2.60. The molecule has 0 amide bonds. The highest BCUT2D eigenvalue weighted by atomic mass is 127. The van der Waals surface area contributed by atoms with Gasteiger partial charge < -0.3 is 5.32 Å². The minimum absolute atomic E-state index is 0.0631. The molecule has 2 aromatic carbocycles. The summed E-state index contributed by atoms with van der Waals surface area (Å²) in [4.78, 5) is 10.5. The first-order chi connectivity index (χ1) is 9.60. The van der Waals surface area contributed by atoms with E-state index >= 15 is 0 Å². The summed E-state index contributed by atoms with van der Waals surface area (Å²) in [6, 6.07) is 14.9. The number of anilines is 1. The predicted molar refractivity (Wildman–Crippen MR) is 88.9 cm³/mol. The molecule has 0 heterocycles. The van der Waals surface area contributed by atoms with Crippen LogP contribution in [-0.4, -0.2) is 4.92 Å². The van der Waals surface area contributed by atoms with E-state index in [0.717, 1.165) is 21.2 Å². The van der Waals surface area contributed by atoms with Crippen LogP contribution in [0, 0.1) is 13.7 Å². The zero-order valence-corrected chi connectivity index (χ0v) is 13.2. The molecule has 1 unspecified atom stereocenters. The van der Waals surface area contributed by atoms with Gasteiger partial charge in [-0.25, -0.2) is 0 Å². The Hall–Kier alpha value is -1.63. The third-order valence-electron chi connectivity index (χ3n) is 3.06. The van der Waals surface area contributed by atoms with Gasteiger partial charge in [-0.05, 0) is 52.8 Å². The van der Waals surface area contributed by atoms with Crippen molar-refractivity contribution in [2.45, 2.75) is 19.4 Å². The molecule has 0 radical (unpaired) electrons. The van der Waals surface area contributed by atoms with Gasteiger partial charge in [0, 0.05) is 21.4 Å². The Morgan fingerprint density at radius 2 is 2.00 bits per heavy atom. The number of nitrogens with one attached hydrogen (secondary N) is 1. The molecule has 0 aliphatic rings. The van der Waals surface area contributed by atoms with Crippen LogP contribution in [0.4, 0.5) is 11.4 Å². The van der Waals surface area contributed by atoms with Crippen LogP contribution >= 0.6 is 22.6 Å². The second-order valence-corrected chi connectivity index (χ2v) is 5.71. The summed E-state index contributed by atoms with van der Waals surface area (Å²) in [5.41, 5.74) is 2.08. The van der Waals surface area contributed by atoms with E-state index in [-0.39, 0.29) is 16.7 Å². The van der Waals surface area contributed by atoms with E-state index in [4.69, 9.17) is 0 Å². The molecule has 0 aliphatic heterocycles. The SMILES string of the molecule is CCC(Nc1cccc(I)c1)c1cccc([N+](=O)[O-])c1. The van der Waals surface area contributed by atoms with Crippen molar-refractivity contribution in [3.8, 4) is 0 Å². The molecule has 0 saturated carbocycles. The average molecular weight is 382 g/mol. The van der Waals surface area contributed by atoms with E-state index in [0.29, 0.717) is 0 Å². The highest BCUT2D eigenvalue weighted by molar-refractivity contribution is 14.1. The van der Waals surface area contributed by atoms with Crippen molar-refractivity contribution in [2.24, 2.45) is 0 Å². The average Bonchev–Trinajstić information content (AvgIpc) is 2.45. The fourth-order valence-electron chi connectivity index (χ4n) is 2.06. The summed E-state index contributed by atoms with van der Waals surface area (Å²) in [6.45, 7) is 2.06. The number of nitro benzene ring substituents is 1. The van der Waals surface area contributed by atoms with Gasteiger partial charge >= 0.3 is 0 Å². The van der Waals surface area contributed by atoms with Crippen molar-refractivity contribution in [3.63, 3.8) is 0 Å². The maximum atomic E-state index is 10.9. The summed E-state index contributed by atoms with van der Waals surface area (Å²) < 4.78 is 1.15. The van der Waals surface area contributed by atoms with Gasteiger partial charge in [0.1, 0.15) is 0 Å². The minimum Gasteiger partial charge on any atom is -0.378 e. The van der Waals surface area contributed by atoms with Crippen molar-refractivity contribution >= 4 is 34.0 Å². The summed E-state index contributed by atoms with van der Waals surface area (Å²) in [6.07, 6.45) is 0.854. The van der Waals surface area contributed by atoms with Crippen molar-refractivity contribution in [3.05, 3.63) is 67.8 Å². The van der Waals surface area contributed by atoms with Crippen LogP contribution < -0.4 is 5.32 Å². The van der Waals surface area contributed by atoms with Gasteiger partial charge in [0.05, 0.1) is 11.0 Å². The third kappa shape index (κ3) is 3.69. The first-order valence-electron chi connectivity index (χ1n) is 6.36. The summed E-state index contributed by atoms with van der Waals surface area (Å²) in [5.74, 6) is 0. The molecule has 0 fully saturated rings. The van der Waals surface area contributed by atoms with Gasteiger partial charge in [-0.1, -0.05) is 25.1 Å². The second-order valence-electron chi connectivity index (χ2n) is 4.47. The van der Waals surface area contributed by atoms with Crippen LogP contribution in [0.15, 0.2) is 48.5 Å². The van der Waals surface area contributed by atoms with Crippen molar-refractivity contribution < 1.29 is 4.92 Å². The lowest BCUT2D eigenvalue weighted by Crippen LogP contribution is -2.10. The topological polar surface area (TPSA) is 55.2 Å². The van der Waals surface area contributed by atoms with Crippen LogP contribution in [0.3, 0.4) is 0 Å². The molecule has 1 atom stereocenters. The summed E-state index contributed by atoms with van der Waals surface area (Å²) in [7, 11) is 0. The van der Waals surface area contributed by atoms with E-state index in [1.807, 2.05) is 24.3 Å². The fraction of sp³-hybridized carbons (Fsp3) is 0.200. The predicted octanol–water partition coefficient (Wildman–Crippen LogP) is 4.76. The number of rotatable bonds is 5. The van der Waals surface area contributed by atoms with Crippen LogP contribution in [-0.2, 0) is 0 Å². The summed E-state index contributed by atoms with van der Waals surface area (Å²) >= 11 is 2.26. The standard InChI is InChI=1S/C15H15IN2O2/c1-2-15(17-13-7-4-6-12(16)10-13)11-5-3-8-14(9-11)18(19)20/h3-10,15,17H,2H2,1H3. The molecule has 2 aromatic rings. The molecule has 0 aliphatic carbocycles. The lowest BCUT2D eigenvalue weighted by atomic mass is 10.0. The van der Waals surface area contributed by atoms with Crippen LogP contribution in [0.2, 0.25) is 0 Å². The molecule has 0 bridgehead atoms. The Bertz CT molecular complexity index is 616. The second kappa shape index (κ2) is 6.69. The lowest BCUT2D eigenvalue weighted by molar-refractivity contribution is -0.384. The Kier molecular flexibility index (Phi) is 4.94. The monoisotopic (exact) mass is 382 g/mol. The molecule has 2 rings (SSSR count). The van der Waals surface area contributed by atoms with Crippen LogP contribution in [0.25, 0.3) is 0 Å². The number of nitro groups is 1. The zero-order chi connectivity index (χ0) is 14.5. The minimum atomic E-state index is -0.359. The first kappa shape index (κ1) is 14.8. The number of benzene rings is 2. The molecule has 5 heteroatoms. The molecule has 0 saturated heterocycles. The van der Waals surface area contributed by atoms with E-state index in [1.165, 1.54) is 6.07 Å². The van der Waals surface area contributed by atoms with Crippen LogP contribution in [0.5, 0.6) is 0 Å². The highest BCUT2D eigenvalue weighted by Crippen LogP contribution is 2.26. The molecule has 1 N–H and O–H groups in total. The van der Waals surface area contributed by atoms with Gasteiger partial charge in [0.15, 0.2) is 0 Å². The Balaban J connectivity index is 2.24. The normalized spacial score (nSPS) is 11.9. The van der Waals surface area contributed by atoms with Gasteiger partial charge in [-0.2, -0.15) is 0 Å². The van der Waals surface area contributed by atoms with Crippen molar-refractivity contribution in [1.29, 1.82) is 0 Å². The molecule has 0 aromatic heterocycles. The highest BCUT2D eigenvalue weighted by Gasteiger charge is 2.13. The Morgan fingerprint density at radius 1 is 1.25 bits per heavy atom. The number of hydrogen-bond donors (Lipinski definition) is 1. The first-order valence-corrected chi connectivity index (χ1v) is 7.44. The smallest absolute Gasteiger partial charge is 0.269 e. The van der Waals surface area contributed by atoms with Crippen LogP contribution in [0.1, 0.15) is 24.9 Å². The number of halogens is 1. The van der Waals surface area contributed by atoms with E-state index < -0.39 is 0 Å². The molecule has 20 heavy (non-hydrogen) atoms. The number of non-ortho nitro benzene ring substituents is 1. The molecule has 4 nitrogen and oxygen atoms in total. The third-order valence-corrected chi connectivity index (χ3v) is 3.73. The van der Waals surface area contributed by atoms with Gasteiger partial charge in [-0.15, -0.1) is 0 Å². The van der Waals surface area contributed by atoms with Gasteiger partial charge in [-0.3, -0.25) is 10.1 Å². The molecule has 104 valence electrons. The lowest BCUT2D eigenvalue weighted by Gasteiger charge is -2.18. The maximum Gasteiger partial charge on any atom is 0.269 e. The quantitative estimate of drug-likeness (QED) is 0.461. The Morgan fingerprint density at radius 3 is 2.65 bits per heavy atom. The zero-order valence-electron chi connectivity index (χ0n) is 11.0. The van der Waals surface area contributed by atoms with E-state index in [2.05, 4.69) is 40.9 Å². The molecular formula is C15H15IN2O2.